The number of hydrogen-bond acceptors (Lipinski definition) is 0. The van der Waals surface area contributed by atoms with E-state index in [0.29, 0.717) is 0 Å². The number of hydrogen-bond donors (Lipinski definition) is 0. The van der Waals surface area contributed by atoms with E-state index in [0.717, 1.165) is 12.8 Å². The SMILES string of the molecule is [CH2]CCCCCCCCCC/C=C/CCCCCCCCCCCC[CH2]. The van der Waals surface area contributed by atoms with Gasteiger partial charge in [0.1, 0.15) is 0 Å². The highest BCUT2D eigenvalue weighted by Crippen LogP contribution is 2.13. The molecule has 0 aromatic heterocycles. The summed E-state index contributed by atoms with van der Waals surface area (Å²) in [5, 5.41) is 0. The number of rotatable bonds is 22. The van der Waals surface area contributed by atoms with E-state index in [1.165, 1.54) is 128 Å². The first-order valence-electron chi connectivity index (χ1n) is 12.1. The lowest BCUT2D eigenvalue weighted by Crippen LogP contribution is -1.82. The molecule has 0 heteroatoms. The van der Waals surface area contributed by atoms with Crippen LogP contribution in [0.4, 0.5) is 0 Å². The summed E-state index contributed by atoms with van der Waals surface area (Å²) in [6, 6.07) is 0. The highest BCUT2D eigenvalue weighted by Gasteiger charge is 1.93. The Labute approximate surface area is 167 Å². The standard InChI is InChI=1S/C26H50/c1-3-5-7-9-11-13-15-17-19-21-23-25-26-24-22-20-18-16-14-12-10-8-6-4-2/h23,25H,1-22,24,26H2/b25-23+. The third-order valence-electron chi connectivity index (χ3n) is 5.41. The Bertz CT molecular complexity index is 253. The predicted molar refractivity (Wildman–Crippen MR) is 121 cm³/mol. The molecule has 154 valence electrons. The summed E-state index contributed by atoms with van der Waals surface area (Å²) in [5.74, 6) is 0. The molecule has 0 aliphatic heterocycles. The minimum atomic E-state index is 1.11. The van der Waals surface area contributed by atoms with Crippen LogP contribution in [0.15, 0.2) is 12.2 Å². The van der Waals surface area contributed by atoms with Crippen LogP contribution in [0.3, 0.4) is 0 Å². The molecule has 0 aliphatic rings. The third-order valence-corrected chi connectivity index (χ3v) is 5.41. The Morgan fingerprint density at radius 2 is 0.538 bits per heavy atom. The molecule has 0 aromatic carbocycles. The van der Waals surface area contributed by atoms with E-state index in [9.17, 15) is 0 Å². The van der Waals surface area contributed by atoms with Crippen LogP contribution in [0.25, 0.3) is 0 Å². The fourth-order valence-corrected chi connectivity index (χ4v) is 3.59. The number of unbranched alkanes of at least 4 members (excludes halogenated alkanes) is 20. The highest BCUT2D eigenvalue weighted by molar-refractivity contribution is 4.81. The minimum absolute atomic E-state index is 1.11. The summed E-state index contributed by atoms with van der Waals surface area (Å²) in [6.07, 6.45) is 35.2. The molecule has 0 saturated carbocycles. The maximum atomic E-state index is 3.90. The fourth-order valence-electron chi connectivity index (χ4n) is 3.59. The van der Waals surface area contributed by atoms with Gasteiger partial charge in [-0.1, -0.05) is 142 Å². The van der Waals surface area contributed by atoms with Gasteiger partial charge in [-0.05, 0) is 25.7 Å². The summed E-state index contributed by atoms with van der Waals surface area (Å²) in [5.41, 5.74) is 0. The van der Waals surface area contributed by atoms with Gasteiger partial charge in [-0.15, -0.1) is 0 Å². The molecule has 0 unspecified atom stereocenters. The van der Waals surface area contributed by atoms with E-state index in [4.69, 9.17) is 0 Å². The fraction of sp³-hybridized carbons (Fsp3) is 0.846. The first-order valence-corrected chi connectivity index (χ1v) is 12.1. The van der Waals surface area contributed by atoms with Gasteiger partial charge in [-0.25, -0.2) is 0 Å². The van der Waals surface area contributed by atoms with Crippen LogP contribution < -0.4 is 0 Å². The van der Waals surface area contributed by atoms with Gasteiger partial charge in [-0.2, -0.15) is 0 Å². The van der Waals surface area contributed by atoms with E-state index in [-0.39, 0.29) is 0 Å². The molecule has 0 atom stereocenters. The van der Waals surface area contributed by atoms with Gasteiger partial charge < -0.3 is 0 Å². The Kier molecular flexibility index (Phi) is 24.5. The van der Waals surface area contributed by atoms with Crippen LogP contribution in [0, 0.1) is 13.8 Å². The van der Waals surface area contributed by atoms with Gasteiger partial charge in [0.05, 0.1) is 0 Å². The van der Waals surface area contributed by atoms with Gasteiger partial charge in [0.25, 0.3) is 0 Å². The summed E-state index contributed by atoms with van der Waals surface area (Å²) < 4.78 is 0. The molecule has 0 rings (SSSR count). The molecule has 0 bridgehead atoms. The predicted octanol–water partition coefficient (Wildman–Crippen LogP) is 9.79. The summed E-state index contributed by atoms with van der Waals surface area (Å²) in [7, 11) is 0. The summed E-state index contributed by atoms with van der Waals surface area (Å²) >= 11 is 0. The zero-order chi connectivity index (χ0) is 19.0. The van der Waals surface area contributed by atoms with E-state index >= 15 is 0 Å². The average Bonchev–Trinajstić information content (AvgIpc) is 2.66. The zero-order valence-corrected chi connectivity index (χ0v) is 18.1. The van der Waals surface area contributed by atoms with Crippen molar-refractivity contribution in [3.05, 3.63) is 26.0 Å². The van der Waals surface area contributed by atoms with Crippen molar-refractivity contribution in [2.24, 2.45) is 0 Å². The molecular formula is C26H50. The Morgan fingerprint density at radius 1 is 0.308 bits per heavy atom. The molecule has 0 aliphatic carbocycles. The smallest absolute Gasteiger partial charge is 0.0351 e. The second-order valence-electron chi connectivity index (χ2n) is 8.12. The maximum absolute atomic E-state index is 3.90. The molecule has 0 aromatic rings. The minimum Gasteiger partial charge on any atom is -0.0885 e. The van der Waals surface area contributed by atoms with E-state index in [2.05, 4.69) is 26.0 Å². The van der Waals surface area contributed by atoms with Crippen molar-refractivity contribution in [1.29, 1.82) is 0 Å². The molecule has 0 amide bonds. The monoisotopic (exact) mass is 362 g/mol. The lowest BCUT2D eigenvalue weighted by atomic mass is 10.0. The van der Waals surface area contributed by atoms with Gasteiger partial charge in [0.15, 0.2) is 0 Å². The van der Waals surface area contributed by atoms with Crippen molar-refractivity contribution in [2.75, 3.05) is 0 Å². The van der Waals surface area contributed by atoms with Crippen LogP contribution in [0.2, 0.25) is 0 Å². The van der Waals surface area contributed by atoms with Crippen LogP contribution in [-0.4, -0.2) is 0 Å². The maximum Gasteiger partial charge on any atom is -0.0351 e. The largest absolute Gasteiger partial charge is 0.0885 e. The molecule has 26 heavy (non-hydrogen) atoms. The Hall–Kier alpha value is -0.260. The second-order valence-corrected chi connectivity index (χ2v) is 8.12. The molecule has 2 radical (unpaired) electrons. The second kappa shape index (κ2) is 24.7. The normalized spacial score (nSPS) is 11.6. The quantitative estimate of drug-likeness (QED) is 0.133. The van der Waals surface area contributed by atoms with E-state index in [1.807, 2.05) is 0 Å². The number of allylic oxidation sites excluding steroid dienone is 2. The lowest BCUT2D eigenvalue weighted by Gasteiger charge is -2.02. The van der Waals surface area contributed by atoms with Crippen molar-refractivity contribution < 1.29 is 0 Å². The van der Waals surface area contributed by atoms with Crippen molar-refractivity contribution >= 4 is 0 Å². The van der Waals surface area contributed by atoms with E-state index < -0.39 is 0 Å². The van der Waals surface area contributed by atoms with Crippen molar-refractivity contribution in [3.63, 3.8) is 0 Å². The van der Waals surface area contributed by atoms with Crippen LogP contribution in [0.1, 0.15) is 141 Å². The highest BCUT2D eigenvalue weighted by atomic mass is 14.0. The van der Waals surface area contributed by atoms with Crippen LogP contribution in [0.5, 0.6) is 0 Å². The first kappa shape index (κ1) is 25.7. The zero-order valence-electron chi connectivity index (χ0n) is 18.1. The van der Waals surface area contributed by atoms with Gasteiger partial charge in [0.2, 0.25) is 0 Å². The summed E-state index contributed by atoms with van der Waals surface area (Å²) in [4.78, 5) is 0. The molecule has 0 nitrogen and oxygen atoms in total. The molecule has 0 fully saturated rings. The molecule has 0 heterocycles. The van der Waals surface area contributed by atoms with Crippen LogP contribution in [-0.2, 0) is 0 Å². The van der Waals surface area contributed by atoms with Crippen molar-refractivity contribution in [1.82, 2.24) is 0 Å². The lowest BCUT2D eigenvalue weighted by molar-refractivity contribution is 0.553. The van der Waals surface area contributed by atoms with Crippen molar-refractivity contribution in [3.8, 4) is 0 Å². The molecular weight excluding hydrogens is 312 g/mol. The summed E-state index contributed by atoms with van der Waals surface area (Å²) in [6.45, 7) is 7.81. The Balaban J connectivity index is 3.04. The third kappa shape index (κ3) is 23.7. The van der Waals surface area contributed by atoms with Crippen molar-refractivity contribution in [2.45, 2.75) is 141 Å². The molecule has 0 spiro atoms. The molecule has 0 N–H and O–H groups in total. The molecule has 0 saturated heterocycles. The average molecular weight is 363 g/mol. The Morgan fingerprint density at radius 3 is 0.808 bits per heavy atom. The van der Waals surface area contributed by atoms with Crippen LogP contribution >= 0.6 is 0 Å². The van der Waals surface area contributed by atoms with Gasteiger partial charge >= 0.3 is 0 Å². The van der Waals surface area contributed by atoms with Gasteiger partial charge in [-0.3, -0.25) is 0 Å². The van der Waals surface area contributed by atoms with E-state index in [1.54, 1.807) is 0 Å². The van der Waals surface area contributed by atoms with Gasteiger partial charge in [0, 0.05) is 0 Å². The first-order chi connectivity index (χ1) is 12.9. The topological polar surface area (TPSA) is 0 Å².